The van der Waals surface area contributed by atoms with Gasteiger partial charge in [0.25, 0.3) is 0 Å². The van der Waals surface area contributed by atoms with Crippen LogP contribution in [0.5, 0.6) is 0 Å². The Morgan fingerprint density at radius 2 is 1.75 bits per heavy atom. The Morgan fingerprint density at radius 1 is 1.12 bits per heavy atom. The quantitative estimate of drug-likeness (QED) is 0.855. The van der Waals surface area contributed by atoms with Crippen molar-refractivity contribution in [2.24, 2.45) is 0 Å². The monoisotopic (exact) mass is 330 g/mol. The van der Waals surface area contributed by atoms with Gasteiger partial charge in [-0.3, -0.25) is 0 Å². The van der Waals surface area contributed by atoms with E-state index in [0.29, 0.717) is 6.04 Å². The molecule has 1 saturated heterocycles. The number of halogens is 1. The lowest BCUT2D eigenvalue weighted by Gasteiger charge is -2.30. The first-order valence-electron chi connectivity index (χ1n) is 6.02. The van der Waals surface area contributed by atoms with Crippen LogP contribution in [0.2, 0.25) is 0 Å². The highest BCUT2D eigenvalue weighted by Gasteiger charge is 2.13. The van der Waals surface area contributed by atoms with Crippen molar-refractivity contribution >= 4 is 22.6 Å². The van der Waals surface area contributed by atoms with Crippen LogP contribution in [0.3, 0.4) is 0 Å². The molecule has 0 amide bonds. The van der Waals surface area contributed by atoms with Crippen LogP contribution in [0.1, 0.15) is 37.8 Å². The fourth-order valence-corrected chi connectivity index (χ4v) is 2.48. The SMILES string of the molecule is CC(NN1CCCCC1)c1ccc(I)cc1. The molecule has 88 valence electrons. The summed E-state index contributed by atoms with van der Waals surface area (Å²) < 4.78 is 1.30. The summed E-state index contributed by atoms with van der Waals surface area (Å²) in [6.45, 7) is 4.61. The van der Waals surface area contributed by atoms with E-state index in [-0.39, 0.29) is 0 Å². The summed E-state index contributed by atoms with van der Waals surface area (Å²) in [6.07, 6.45) is 4.04. The highest BCUT2D eigenvalue weighted by atomic mass is 127. The van der Waals surface area contributed by atoms with Gasteiger partial charge < -0.3 is 0 Å². The molecule has 1 aromatic carbocycles. The second-order valence-corrected chi connectivity index (χ2v) is 5.70. The molecule has 1 aliphatic rings. The second-order valence-electron chi connectivity index (χ2n) is 4.45. The summed E-state index contributed by atoms with van der Waals surface area (Å²) in [5.74, 6) is 0. The predicted octanol–water partition coefficient (Wildman–Crippen LogP) is 3.34. The maximum absolute atomic E-state index is 3.59. The largest absolute Gasteiger partial charge is 0.248 e. The highest BCUT2D eigenvalue weighted by molar-refractivity contribution is 14.1. The first-order chi connectivity index (χ1) is 7.75. The summed E-state index contributed by atoms with van der Waals surface area (Å²) in [6, 6.07) is 9.18. The Bertz CT molecular complexity index is 317. The Balaban J connectivity index is 1.91. The summed E-state index contributed by atoms with van der Waals surface area (Å²) in [5.41, 5.74) is 4.95. The minimum Gasteiger partial charge on any atom is -0.248 e. The van der Waals surface area contributed by atoms with Crippen molar-refractivity contribution in [2.75, 3.05) is 13.1 Å². The third-order valence-electron chi connectivity index (χ3n) is 3.10. The fourth-order valence-electron chi connectivity index (χ4n) is 2.12. The smallest absolute Gasteiger partial charge is 0.0436 e. The van der Waals surface area contributed by atoms with Gasteiger partial charge in [-0.25, -0.2) is 10.4 Å². The van der Waals surface area contributed by atoms with Crippen LogP contribution in [-0.4, -0.2) is 18.1 Å². The minimum atomic E-state index is 0.412. The van der Waals surface area contributed by atoms with E-state index in [4.69, 9.17) is 0 Å². The van der Waals surface area contributed by atoms with Crippen LogP contribution in [0.4, 0.5) is 0 Å². The van der Waals surface area contributed by atoms with Gasteiger partial charge in [0.2, 0.25) is 0 Å². The van der Waals surface area contributed by atoms with Crippen LogP contribution in [0.15, 0.2) is 24.3 Å². The lowest BCUT2D eigenvalue weighted by Crippen LogP contribution is -2.42. The number of hydrazine groups is 1. The Morgan fingerprint density at radius 3 is 2.38 bits per heavy atom. The zero-order valence-corrected chi connectivity index (χ0v) is 11.9. The molecule has 16 heavy (non-hydrogen) atoms. The van der Waals surface area contributed by atoms with Crippen molar-refractivity contribution in [3.8, 4) is 0 Å². The Hall–Kier alpha value is -0.130. The third-order valence-corrected chi connectivity index (χ3v) is 3.82. The molecule has 2 nitrogen and oxygen atoms in total. The van der Waals surface area contributed by atoms with Crippen LogP contribution in [-0.2, 0) is 0 Å². The standard InChI is InChI=1S/C13H19IN2/c1-11(12-5-7-13(14)8-6-12)15-16-9-3-2-4-10-16/h5-8,11,15H,2-4,9-10H2,1H3. The summed E-state index contributed by atoms with van der Waals surface area (Å²) in [4.78, 5) is 0. The second kappa shape index (κ2) is 5.98. The molecule has 1 aromatic rings. The molecule has 0 aromatic heterocycles. The van der Waals surface area contributed by atoms with Crippen LogP contribution in [0, 0.1) is 3.57 Å². The van der Waals surface area contributed by atoms with Gasteiger partial charge in [0.1, 0.15) is 0 Å². The number of hydrogen-bond donors (Lipinski definition) is 1. The van der Waals surface area contributed by atoms with E-state index in [1.54, 1.807) is 0 Å². The maximum Gasteiger partial charge on any atom is 0.0436 e. The molecule has 1 atom stereocenters. The van der Waals surface area contributed by atoms with Gasteiger partial charge in [-0.15, -0.1) is 0 Å². The topological polar surface area (TPSA) is 15.3 Å². The van der Waals surface area contributed by atoms with Gasteiger partial charge in [0, 0.05) is 22.7 Å². The normalized spacial score (nSPS) is 19.6. The predicted molar refractivity (Wildman–Crippen MR) is 76.1 cm³/mol. The number of nitrogens with one attached hydrogen (secondary N) is 1. The Labute approximate surface area is 112 Å². The highest BCUT2D eigenvalue weighted by Crippen LogP contribution is 2.16. The van der Waals surface area contributed by atoms with Gasteiger partial charge in [0.05, 0.1) is 0 Å². The summed E-state index contributed by atoms with van der Waals surface area (Å²) in [7, 11) is 0. The van der Waals surface area contributed by atoms with Crippen LogP contribution < -0.4 is 5.43 Å². The molecular formula is C13H19IN2. The molecule has 0 saturated carbocycles. The number of rotatable bonds is 3. The van der Waals surface area contributed by atoms with Crippen molar-refractivity contribution in [1.82, 2.24) is 10.4 Å². The van der Waals surface area contributed by atoms with E-state index in [2.05, 4.69) is 64.2 Å². The van der Waals surface area contributed by atoms with E-state index in [1.807, 2.05) is 0 Å². The molecule has 1 aliphatic heterocycles. The van der Waals surface area contributed by atoms with E-state index in [1.165, 1.54) is 41.5 Å². The number of benzene rings is 1. The van der Waals surface area contributed by atoms with Crippen LogP contribution in [0.25, 0.3) is 0 Å². The Kier molecular flexibility index (Phi) is 4.61. The summed E-state index contributed by atoms with van der Waals surface area (Å²) >= 11 is 2.34. The first kappa shape index (κ1) is 12.3. The maximum atomic E-state index is 3.59. The molecular weight excluding hydrogens is 311 g/mol. The first-order valence-corrected chi connectivity index (χ1v) is 7.10. The van der Waals surface area contributed by atoms with E-state index in [9.17, 15) is 0 Å². The van der Waals surface area contributed by atoms with Gasteiger partial charge in [-0.05, 0) is 60.1 Å². The number of nitrogens with zero attached hydrogens (tertiary/aromatic N) is 1. The van der Waals surface area contributed by atoms with Crippen molar-refractivity contribution in [2.45, 2.75) is 32.2 Å². The molecule has 1 fully saturated rings. The third kappa shape index (κ3) is 3.43. The zero-order valence-electron chi connectivity index (χ0n) is 9.75. The van der Waals surface area contributed by atoms with Crippen molar-refractivity contribution in [3.05, 3.63) is 33.4 Å². The molecule has 3 heteroatoms. The molecule has 1 unspecified atom stereocenters. The molecule has 1 heterocycles. The molecule has 0 radical (unpaired) electrons. The van der Waals surface area contributed by atoms with Gasteiger partial charge >= 0.3 is 0 Å². The molecule has 1 N–H and O–H groups in total. The van der Waals surface area contributed by atoms with Crippen molar-refractivity contribution < 1.29 is 0 Å². The fraction of sp³-hybridized carbons (Fsp3) is 0.538. The van der Waals surface area contributed by atoms with Gasteiger partial charge in [-0.1, -0.05) is 18.6 Å². The van der Waals surface area contributed by atoms with Crippen LogP contribution >= 0.6 is 22.6 Å². The number of hydrogen-bond acceptors (Lipinski definition) is 2. The average molecular weight is 330 g/mol. The van der Waals surface area contributed by atoms with Gasteiger partial charge in [0.15, 0.2) is 0 Å². The molecule has 0 spiro atoms. The minimum absolute atomic E-state index is 0.412. The van der Waals surface area contributed by atoms with Crippen molar-refractivity contribution in [3.63, 3.8) is 0 Å². The van der Waals surface area contributed by atoms with E-state index in [0.717, 1.165) is 0 Å². The molecule has 0 aliphatic carbocycles. The lowest BCUT2D eigenvalue weighted by atomic mass is 10.1. The summed E-state index contributed by atoms with van der Waals surface area (Å²) in [5, 5.41) is 2.37. The van der Waals surface area contributed by atoms with Crippen molar-refractivity contribution in [1.29, 1.82) is 0 Å². The average Bonchev–Trinajstić information content (AvgIpc) is 2.31. The zero-order chi connectivity index (χ0) is 11.4. The number of piperidine rings is 1. The van der Waals surface area contributed by atoms with E-state index < -0.39 is 0 Å². The van der Waals surface area contributed by atoms with Gasteiger partial charge in [-0.2, -0.15) is 0 Å². The molecule has 0 bridgehead atoms. The lowest BCUT2D eigenvalue weighted by molar-refractivity contribution is 0.133. The van der Waals surface area contributed by atoms with E-state index >= 15 is 0 Å². The molecule has 2 rings (SSSR count).